The number of aromatic amines is 4. The van der Waals surface area contributed by atoms with Crippen LogP contribution in [0.1, 0.15) is 40.7 Å². The second-order valence-electron chi connectivity index (χ2n) is 9.48. The van der Waals surface area contributed by atoms with E-state index in [0.29, 0.717) is 22.5 Å². The Balaban J connectivity index is 1.86. The van der Waals surface area contributed by atoms with Gasteiger partial charge < -0.3 is 9.84 Å². The third kappa shape index (κ3) is 4.68. The first-order valence-electron chi connectivity index (χ1n) is 12.6. The molecule has 0 bridgehead atoms. The molecule has 0 unspecified atom stereocenters. The molecule has 0 fully saturated rings. The normalized spacial score (nSPS) is 11.2. The molecule has 204 valence electrons. The van der Waals surface area contributed by atoms with Crippen LogP contribution in [0, 0.1) is 24.0 Å². The molecule has 3 aromatic carbocycles. The van der Waals surface area contributed by atoms with Gasteiger partial charge in [0.2, 0.25) is 5.75 Å². The van der Waals surface area contributed by atoms with Crippen LogP contribution in [0.15, 0.2) is 70.3 Å². The lowest BCUT2D eigenvalue weighted by Crippen LogP contribution is -2.20. The summed E-state index contributed by atoms with van der Waals surface area (Å²) in [5.74, 6) is -1.88. The quantitative estimate of drug-likeness (QED) is 0.139. The Labute approximate surface area is 227 Å². The Kier molecular flexibility index (Phi) is 6.87. The number of phenolic OH excluding ortho intramolecular Hbond substituents is 1. The minimum Gasteiger partial charge on any atom is -0.500 e. The molecule has 0 amide bonds. The maximum Gasteiger partial charge on any atom is 0.314 e. The molecule has 0 saturated carbocycles. The van der Waals surface area contributed by atoms with Gasteiger partial charge in [0.05, 0.1) is 34.0 Å². The maximum atomic E-state index is 13.5. The van der Waals surface area contributed by atoms with E-state index in [1.54, 1.807) is 6.92 Å². The Morgan fingerprint density at radius 1 is 0.825 bits per heavy atom. The fourth-order valence-corrected chi connectivity index (χ4v) is 4.84. The van der Waals surface area contributed by atoms with Crippen molar-refractivity contribution in [2.75, 3.05) is 6.61 Å². The highest BCUT2D eigenvalue weighted by Gasteiger charge is 2.34. The van der Waals surface area contributed by atoms with Crippen molar-refractivity contribution in [1.82, 2.24) is 20.4 Å². The molecule has 11 heteroatoms. The Morgan fingerprint density at radius 2 is 1.30 bits per heavy atom. The van der Waals surface area contributed by atoms with Crippen molar-refractivity contribution in [2.24, 2.45) is 0 Å². The molecule has 2 heterocycles. The fraction of sp³-hybridized carbons (Fsp3) is 0.172. The first kappa shape index (κ1) is 26.3. The van der Waals surface area contributed by atoms with Crippen molar-refractivity contribution in [3.63, 3.8) is 0 Å². The van der Waals surface area contributed by atoms with Crippen molar-refractivity contribution in [1.29, 1.82) is 0 Å². The topological polar surface area (TPSA) is 170 Å². The van der Waals surface area contributed by atoms with Crippen LogP contribution >= 0.6 is 0 Å². The number of aromatic hydroxyl groups is 1. The van der Waals surface area contributed by atoms with E-state index >= 15 is 0 Å². The Bertz CT molecular complexity index is 1710. The largest absolute Gasteiger partial charge is 0.500 e. The molecule has 2 aromatic heterocycles. The number of nitro groups is 1. The number of benzene rings is 3. The number of phenols is 1. The van der Waals surface area contributed by atoms with Crippen LogP contribution in [0.2, 0.25) is 0 Å². The van der Waals surface area contributed by atoms with Crippen molar-refractivity contribution in [2.45, 2.75) is 26.7 Å². The third-order valence-electron chi connectivity index (χ3n) is 6.79. The van der Waals surface area contributed by atoms with Gasteiger partial charge in [-0.05, 0) is 43.5 Å². The van der Waals surface area contributed by atoms with Gasteiger partial charge in [-0.1, -0.05) is 59.7 Å². The summed E-state index contributed by atoms with van der Waals surface area (Å²) in [7, 11) is 0. The summed E-state index contributed by atoms with van der Waals surface area (Å²) in [5.41, 5.74) is 3.13. The molecule has 0 radical (unpaired) electrons. The summed E-state index contributed by atoms with van der Waals surface area (Å²) in [6.07, 6.45) is 0. The first-order chi connectivity index (χ1) is 19.2. The molecule has 40 heavy (non-hydrogen) atoms. The van der Waals surface area contributed by atoms with Gasteiger partial charge in [-0.15, -0.1) is 0 Å². The zero-order valence-corrected chi connectivity index (χ0v) is 22.0. The van der Waals surface area contributed by atoms with Crippen LogP contribution in [0.3, 0.4) is 0 Å². The van der Waals surface area contributed by atoms with Gasteiger partial charge >= 0.3 is 5.69 Å². The van der Waals surface area contributed by atoms with Crippen LogP contribution in [0.25, 0.3) is 22.5 Å². The molecule has 0 aliphatic rings. The molecule has 0 saturated heterocycles. The van der Waals surface area contributed by atoms with Crippen molar-refractivity contribution >= 4 is 5.69 Å². The Morgan fingerprint density at radius 3 is 1.73 bits per heavy atom. The van der Waals surface area contributed by atoms with E-state index in [1.807, 2.05) is 62.4 Å². The molecular formula is C29H27N5O6. The van der Waals surface area contributed by atoms with Crippen molar-refractivity contribution in [3.8, 4) is 34.0 Å². The predicted octanol–water partition coefficient (Wildman–Crippen LogP) is 4.86. The van der Waals surface area contributed by atoms with Gasteiger partial charge in [-0.2, -0.15) is 0 Å². The number of hydrogen-bond acceptors (Lipinski definition) is 6. The van der Waals surface area contributed by atoms with Gasteiger partial charge in [-0.25, -0.2) is 0 Å². The highest BCUT2D eigenvalue weighted by molar-refractivity contribution is 5.72. The molecule has 0 atom stereocenters. The average molecular weight is 542 g/mol. The van der Waals surface area contributed by atoms with Crippen LogP contribution in [0.5, 0.6) is 11.5 Å². The number of ether oxygens (including phenoxy) is 1. The molecule has 0 aliphatic heterocycles. The van der Waals surface area contributed by atoms with Crippen molar-refractivity contribution < 1.29 is 14.8 Å². The summed E-state index contributed by atoms with van der Waals surface area (Å²) < 4.78 is 5.53. The molecule has 0 aliphatic carbocycles. The number of hydrogen-bond donors (Lipinski definition) is 5. The molecule has 5 rings (SSSR count). The van der Waals surface area contributed by atoms with Gasteiger partial charge in [0, 0.05) is 12.0 Å². The number of aryl methyl sites for hydroxylation is 2. The number of nitrogens with zero attached hydrogens (tertiary/aromatic N) is 1. The van der Waals surface area contributed by atoms with Crippen LogP contribution in [-0.2, 0) is 0 Å². The smallest absolute Gasteiger partial charge is 0.314 e. The summed E-state index contributed by atoms with van der Waals surface area (Å²) >= 11 is 0. The molecule has 11 nitrogen and oxygen atoms in total. The van der Waals surface area contributed by atoms with Gasteiger partial charge in [0.1, 0.15) is 0 Å². The van der Waals surface area contributed by atoms with E-state index in [0.717, 1.165) is 11.1 Å². The minimum absolute atomic E-state index is 0.123. The van der Waals surface area contributed by atoms with E-state index in [2.05, 4.69) is 20.4 Å². The predicted molar refractivity (Wildman–Crippen MR) is 150 cm³/mol. The lowest BCUT2D eigenvalue weighted by molar-refractivity contribution is -0.386. The summed E-state index contributed by atoms with van der Waals surface area (Å²) in [4.78, 5) is 38.1. The number of nitrogens with one attached hydrogen (secondary N) is 4. The summed E-state index contributed by atoms with van der Waals surface area (Å²) in [6.45, 7) is 5.67. The van der Waals surface area contributed by atoms with Crippen molar-refractivity contribution in [3.05, 3.63) is 119 Å². The fourth-order valence-electron chi connectivity index (χ4n) is 4.84. The third-order valence-corrected chi connectivity index (χ3v) is 6.79. The zero-order chi connectivity index (χ0) is 28.6. The lowest BCUT2D eigenvalue weighted by Gasteiger charge is -2.19. The monoisotopic (exact) mass is 541 g/mol. The second-order valence-corrected chi connectivity index (χ2v) is 9.48. The lowest BCUT2D eigenvalue weighted by atomic mass is 9.82. The molecule has 0 spiro atoms. The Hall–Kier alpha value is -5.32. The minimum atomic E-state index is -1.10. The van der Waals surface area contributed by atoms with Crippen LogP contribution in [0.4, 0.5) is 5.69 Å². The van der Waals surface area contributed by atoms with Crippen LogP contribution in [-0.4, -0.2) is 37.0 Å². The number of aromatic nitrogens is 4. The molecule has 5 N–H and O–H groups in total. The standard InChI is InChI=1S/C29H27N5O6/c1-4-40-21-14-19(13-20(27(21)35)34(38)39)22(23-25(30-32-28(23)36)17-9-5-15(2)6-10-17)24-26(31-33-29(24)37)18-11-7-16(3)8-12-18/h5-14,22,35H,4H2,1-3H3,(H2,30,32,36)(H2,31,33,37). The molecular weight excluding hydrogens is 514 g/mol. The van der Waals surface area contributed by atoms with E-state index in [1.165, 1.54) is 12.1 Å². The number of nitro benzene ring substituents is 1. The summed E-state index contributed by atoms with van der Waals surface area (Å²) in [6, 6.07) is 17.5. The van der Waals surface area contributed by atoms with E-state index < -0.39 is 33.4 Å². The highest BCUT2D eigenvalue weighted by atomic mass is 16.6. The first-order valence-corrected chi connectivity index (χ1v) is 12.6. The van der Waals surface area contributed by atoms with E-state index in [4.69, 9.17) is 4.74 Å². The second kappa shape index (κ2) is 10.4. The van der Waals surface area contributed by atoms with Gasteiger partial charge in [0.25, 0.3) is 11.1 Å². The zero-order valence-electron chi connectivity index (χ0n) is 22.0. The number of H-pyrrole nitrogens is 4. The van der Waals surface area contributed by atoms with Gasteiger partial charge in [0.15, 0.2) is 5.75 Å². The summed E-state index contributed by atoms with van der Waals surface area (Å²) in [5, 5.41) is 33.6. The maximum absolute atomic E-state index is 13.5. The SMILES string of the molecule is CCOc1cc(C(c2c(-c3ccc(C)cc3)[nH][nH]c2=O)c2c(-c3ccc(C)cc3)[nH][nH]c2=O)cc([N+](=O)[O-])c1O. The van der Waals surface area contributed by atoms with E-state index in [9.17, 15) is 24.8 Å². The van der Waals surface area contributed by atoms with Gasteiger partial charge in [-0.3, -0.25) is 40.1 Å². The van der Waals surface area contributed by atoms with Crippen LogP contribution < -0.4 is 15.9 Å². The number of rotatable bonds is 8. The highest BCUT2D eigenvalue weighted by Crippen LogP contribution is 2.44. The average Bonchev–Trinajstić information content (AvgIpc) is 3.50. The molecule has 5 aromatic rings. The van der Waals surface area contributed by atoms with E-state index in [-0.39, 0.29) is 29.0 Å².